The molecule has 2 aromatic carbocycles. The quantitative estimate of drug-likeness (QED) is 0.725. The minimum absolute atomic E-state index is 0.444. The Kier molecular flexibility index (Phi) is 3.29. The Bertz CT molecular complexity index is 693. The van der Waals surface area contributed by atoms with E-state index in [-0.39, 0.29) is 0 Å². The fourth-order valence-electron chi connectivity index (χ4n) is 1.84. The second-order valence-electron chi connectivity index (χ2n) is 4.15. The third-order valence-electron chi connectivity index (χ3n) is 2.83. The molecule has 1 aromatic heterocycles. The highest BCUT2D eigenvalue weighted by Gasteiger charge is 2.04. The third-order valence-corrected chi connectivity index (χ3v) is 3.08. The van der Waals surface area contributed by atoms with Crippen LogP contribution >= 0.6 is 11.6 Å². The van der Waals surface area contributed by atoms with Crippen molar-refractivity contribution in [2.24, 2.45) is 0 Å². The van der Waals surface area contributed by atoms with Crippen molar-refractivity contribution in [3.8, 4) is 5.88 Å². The molecule has 1 heterocycles. The number of aromatic nitrogens is 2. The monoisotopic (exact) mass is 270 g/mol. The molecule has 0 amide bonds. The van der Waals surface area contributed by atoms with Gasteiger partial charge < -0.3 is 4.74 Å². The maximum absolute atomic E-state index is 5.84. The maximum Gasteiger partial charge on any atom is 0.241 e. The Labute approximate surface area is 115 Å². The Morgan fingerprint density at radius 3 is 2.63 bits per heavy atom. The van der Waals surface area contributed by atoms with Crippen LogP contribution < -0.4 is 4.74 Å². The van der Waals surface area contributed by atoms with Crippen LogP contribution in [0.15, 0.2) is 54.7 Å². The molecule has 0 aliphatic carbocycles. The maximum atomic E-state index is 5.84. The second kappa shape index (κ2) is 5.24. The molecule has 0 unspecified atom stereocenters. The van der Waals surface area contributed by atoms with E-state index in [9.17, 15) is 0 Å². The number of benzene rings is 2. The van der Waals surface area contributed by atoms with Crippen LogP contribution in [0.1, 0.15) is 5.56 Å². The van der Waals surface area contributed by atoms with Crippen LogP contribution in [0, 0.1) is 0 Å². The molecule has 0 aliphatic rings. The predicted molar refractivity (Wildman–Crippen MR) is 75.3 cm³/mol. The molecule has 3 rings (SSSR count). The summed E-state index contributed by atoms with van der Waals surface area (Å²) in [4.78, 5) is 0. The van der Waals surface area contributed by atoms with Gasteiger partial charge in [0, 0.05) is 15.8 Å². The van der Waals surface area contributed by atoms with Crippen molar-refractivity contribution >= 4 is 22.4 Å². The molecule has 0 radical (unpaired) electrons. The van der Waals surface area contributed by atoms with Crippen molar-refractivity contribution in [3.63, 3.8) is 0 Å². The molecular weight excluding hydrogens is 260 g/mol. The number of fused-ring (bicyclic) bond motifs is 1. The summed E-state index contributed by atoms with van der Waals surface area (Å²) < 4.78 is 5.73. The zero-order valence-corrected chi connectivity index (χ0v) is 10.8. The molecule has 0 aliphatic heterocycles. The molecule has 0 fully saturated rings. The molecule has 0 spiro atoms. The first-order valence-corrected chi connectivity index (χ1v) is 6.28. The molecule has 94 valence electrons. The second-order valence-corrected chi connectivity index (χ2v) is 4.59. The van der Waals surface area contributed by atoms with Gasteiger partial charge in [-0.15, -0.1) is 5.10 Å². The minimum Gasteiger partial charge on any atom is -0.471 e. The predicted octanol–water partition coefficient (Wildman–Crippen LogP) is 3.86. The summed E-state index contributed by atoms with van der Waals surface area (Å²) in [6.07, 6.45) is 1.73. The normalized spacial score (nSPS) is 10.6. The average molecular weight is 271 g/mol. The summed E-state index contributed by atoms with van der Waals surface area (Å²) in [5, 5.41) is 10.7. The van der Waals surface area contributed by atoms with Gasteiger partial charge in [0.05, 0.1) is 6.20 Å². The van der Waals surface area contributed by atoms with Gasteiger partial charge in [-0.3, -0.25) is 0 Å². The van der Waals surface area contributed by atoms with Gasteiger partial charge in [-0.1, -0.05) is 41.9 Å². The highest BCUT2D eigenvalue weighted by molar-refractivity contribution is 6.30. The summed E-state index contributed by atoms with van der Waals surface area (Å²) in [6, 6.07) is 15.4. The van der Waals surface area contributed by atoms with E-state index in [2.05, 4.69) is 10.2 Å². The van der Waals surface area contributed by atoms with Gasteiger partial charge in [0.25, 0.3) is 0 Å². The van der Waals surface area contributed by atoms with Gasteiger partial charge in [0.15, 0.2) is 0 Å². The summed E-state index contributed by atoms with van der Waals surface area (Å²) in [7, 11) is 0. The number of ether oxygens (including phenoxy) is 1. The lowest BCUT2D eigenvalue weighted by Crippen LogP contribution is -1.98. The summed E-state index contributed by atoms with van der Waals surface area (Å²) in [6.45, 7) is 0.444. The molecular formula is C15H11ClN2O. The van der Waals surface area contributed by atoms with E-state index < -0.39 is 0 Å². The molecule has 4 heteroatoms. The fraction of sp³-hybridized carbons (Fsp3) is 0.0667. The van der Waals surface area contributed by atoms with Gasteiger partial charge in [0.2, 0.25) is 5.88 Å². The van der Waals surface area contributed by atoms with Gasteiger partial charge in [0.1, 0.15) is 6.61 Å². The van der Waals surface area contributed by atoms with Crippen LogP contribution in [0.2, 0.25) is 5.02 Å². The van der Waals surface area contributed by atoms with Crippen LogP contribution in [0.3, 0.4) is 0 Å². The highest BCUT2D eigenvalue weighted by atomic mass is 35.5. The van der Waals surface area contributed by atoms with Crippen molar-refractivity contribution in [2.45, 2.75) is 6.61 Å². The molecule has 0 atom stereocenters. The van der Waals surface area contributed by atoms with Crippen LogP contribution in [0.4, 0.5) is 0 Å². The van der Waals surface area contributed by atoms with Crippen molar-refractivity contribution in [1.29, 1.82) is 0 Å². The molecule has 19 heavy (non-hydrogen) atoms. The molecule has 0 saturated heterocycles. The Balaban J connectivity index is 1.84. The number of rotatable bonds is 3. The van der Waals surface area contributed by atoms with E-state index in [4.69, 9.17) is 16.3 Å². The zero-order valence-electron chi connectivity index (χ0n) is 10.1. The number of hydrogen-bond acceptors (Lipinski definition) is 3. The first-order chi connectivity index (χ1) is 9.33. The molecule has 3 aromatic rings. The minimum atomic E-state index is 0.444. The number of halogens is 1. The van der Waals surface area contributed by atoms with Crippen LogP contribution in [0.5, 0.6) is 5.88 Å². The number of nitrogens with zero attached hydrogens (tertiary/aromatic N) is 2. The molecule has 0 saturated carbocycles. The van der Waals surface area contributed by atoms with Crippen LogP contribution in [-0.2, 0) is 6.61 Å². The lowest BCUT2D eigenvalue weighted by molar-refractivity contribution is 0.294. The van der Waals surface area contributed by atoms with Crippen molar-refractivity contribution in [3.05, 3.63) is 65.3 Å². The van der Waals surface area contributed by atoms with Gasteiger partial charge in [-0.25, -0.2) is 0 Å². The van der Waals surface area contributed by atoms with Crippen molar-refractivity contribution < 1.29 is 4.74 Å². The van der Waals surface area contributed by atoms with E-state index in [1.54, 1.807) is 6.20 Å². The molecule has 0 N–H and O–H groups in total. The standard InChI is InChI=1S/C15H11ClN2O/c16-13-7-5-11(6-8-13)10-19-15-14-4-2-1-3-12(14)9-17-18-15/h1-9H,10H2. The lowest BCUT2D eigenvalue weighted by Gasteiger charge is -2.07. The summed E-state index contributed by atoms with van der Waals surface area (Å²) in [5.41, 5.74) is 1.04. The SMILES string of the molecule is Clc1ccc(COc2nncc3ccccc23)cc1. The largest absolute Gasteiger partial charge is 0.471 e. The van der Waals surface area contributed by atoms with Gasteiger partial charge in [-0.05, 0) is 23.8 Å². The Morgan fingerprint density at radius 2 is 1.79 bits per heavy atom. The van der Waals surface area contributed by atoms with E-state index in [0.29, 0.717) is 17.5 Å². The van der Waals surface area contributed by atoms with E-state index in [0.717, 1.165) is 16.3 Å². The lowest BCUT2D eigenvalue weighted by atomic mass is 10.2. The van der Waals surface area contributed by atoms with Gasteiger partial charge in [-0.2, -0.15) is 5.10 Å². The van der Waals surface area contributed by atoms with Crippen molar-refractivity contribution in [1.82, 2.24) is 10.2 Å². The first-order valence-electron chi connectivity index (χ1n) is 5.90. The van der Waals surface area contributed by atoms with E-state index >= 15 is 0 Å². The Morgan fingerprint density at radius 1 is 1.00 bits per heavy atom. The van der Waals surface area contributed by atoms with Gasteiger partial charge >= 0.3 is 0 Å². The topological polar surface area (TPSA) is 35.0 Å². The first kappa shape index (κ1) is 11.9. The smallest absolute Gasteiger partial charge is 0.241 e. The average Bonchev–Trinajstić information content (AvgIpc) is 2.47. The molecule has 0 bridgehead atoms. The summed E-state index contributed by atoms with van der Waals surface area (Å²) in [5.74, 6) is 0.549. The zero-order chi connectivity index (χ0) is 13.1. The fourth-order valence-corrected chi connectivity index (χ4v) is 1.97. The van der Waals surface area contributed by atoms with Crippen LogP contribution in [-0.4, -0.2) is 10.2 Å². The Hall–Kier alpha value is -2.13. The number of hydrogen-bond donors (Lipinski definition) is 0. The van der Waals surface area contributed by atoms with Crippen molar-refractivity contribution in [2.75, 3.05) is 0 Å². The molecule has 3 nitrogen and oxygen atoms in total. The summed E-state index contributed by atoms with van der Waals surface area (Å²) >= 11 is 5.84. The van der Waals surface area contributed by atoms with Crippen LogP contribution in [0.25, 0.3) is 10.8 Å². The van der Waals surface area contributed by atoms with E-state index in [1.807, 2.05) is 48.5 Å². The van der Waals surface area contributed by atoms with E-state index in [1.165, 1.54) is 0 Å². The third kappa shape index (κ3) is 2.66. The highest BCUT2D eigenvalue weighted by Crippen LogP contribution is 2.22.